The van der Waals surface area contributed by atoms with Gasteiger partial charge in [-0.05, 0) is 25.7 Å². The van der Waals surface area contributed by atoms with Crippen LogP contribution in [0.2, 0.25) is 0 Å². The highest BCUT2D eigenvalue weighted by Crippen LogP contribution is 2.34. The minimum absolute atomic E-state index is 0.0420. The Kier molecular flexibility index (Phi) is 2.15. The molecule has 1 aliphatic heterocycles. The topological polar surface area (TPSA) is 58.4 Å². The van der Waals surface area contributed by atoms with Gasteiger partial charge in [-0.1, -0.05) is 0 Å². The predicted octanol–water partition coefficient (Wildman–Crippen LogP) is 0.283. The van der Waals surface area contributed by atoms with E-state index in [1.165, 1.54) is 0 Å². The molecule has 0 aromatic rings. The summed E-state index contributed by atoms with van der Waals surface area (Å²) in [6.07, 6.45) is 4.37. The van der Waals surface area contributed by atoms with Crippen molar-refractivity contribution < 1.29 is 4.79 Å². The van der Waals surface area contributed by atoms with Crippen molar-refractivity contribution in [2.75, 3.05) is 19.6 Å². The third-order valence-electron chi connectivity index (χ3n) is 3.01. The van der Waals surface area contributed by atoms with Crippen molar-refractivity contribution in [2.45, 2.75) is 31.2 Å². The third kappa shape index (κ3) is 1.77. The number of nitrogens with zero attached hydrogens (tertiary/aromatic N) is 1. The number of hydrogen-bond acceptors (Lipinski definition) is 2. The maximum Gasteiger partial charge on any atom is 0.317 e. The molecule has 0 aromatic heterocycles. The van der Waals surface area contributed by atoms with Crippen molar-refractivity contribution in [3.63, 3.8) is 0 Å². The summed E-state index contributed by atoms with van der Waals surface area (Å²) < 4.78 is 0. The predicted molar refractivity (Wildman–Crippen MR) is 50.4 cm³/mol. The van der Waals surface area contributed by atoms with Gasteiger partial charge >= 0.3 is 6.03 Å². The van der Waals surface area contributed by atoms with Crippen LogP contribution in [0.4, 0.5) is 4.79 Å². The van der Waals surface area contributed by atoms with Gasteiger partial charge in [0.05, 0.1) is 5.54 Å². The van der Waals surface area contributed by atoms with Crippen LogP contribution in [0.3, 0.4) is 0 Å². The van der Waals surface area contributed by atoms with Gasteiger partial charge in [-0.3, -0.25) is 0 Å². The molecule has 1 heterocycles. The Morgan fingerprint density at radius 3 is 2.46 bits per heavy atom. The Hall–Kier alpha value is -0.770. The van der Waals surface area contributed by atoms with Crippen LogP contribution >= 0.6 is 0 Å². The van der Waals surface area contributed by atoms with Crippen molar-refractivity contribution in [2.24, 2.45) is 5.73 Å². The number of carbonyl (C=O) groups is 1. The second kappa shape index (κ2) is 3.18. The van der Waals surface area contributed by atoms with Gasteiger partial charge in [-0.25, -0.2) is 4.79 Å². The second-order valence-corrected chi connectivity index (χ2v) is 4.11. The van der Waals surface area contributed by atoms with Gasteiger partial charge < -0.3 is 16.0 Å². The van der Waals surface area contributed by atoms with Gasteiger partial charge in [-0.15, -0.1) is 0 Å². The number of likely N-dealkylation sites (tertiary alicyclic amines) is 1. The van der Waals surface area contributed by atoms with Crippen molar-refractivity contribution >= 4 is 6.03 Å². The van der Waals surface area contributed by atoms with E-state index in [0.29, 0.717) is 6.54 Å². The summed E-state index contributed by atoms with van der Waals surface area (Å²) in [5.41, 5.74) is 5.54. The smallest absolute Gasteiger partial charge is 0.317 e. The molecule has 0 unspecified atom stereocenters. The molecule has 3 N–H and O–H groups in total. The first-order valence-electron chi connectivity index (χ1n) is 5.03. The van der Waals surface area contributed by atoms with E-state index in [2.05, 4.69) is 5.32 Å². The number of nitrogens with one attached hydrogen (secondary N) is 1. The van der Waals surface area contributed by atoms with Crippen LogP contribution in [0.15, 0.2) is 0 Å². The molecule has 0 aromatic carbocycles. The summed E-state index contributed by atoms with van der Waals surface area (Å²) in [6, 6.07) is 0.0838. The maximum absolute atomic E-state index is 11.6. The first-order valence-corrected chi connectivity index (χ1v) is 5.03. The molecule has 1 saturated carbocycles. The lowest BCUT2D eigenvalue weighted by Gasteiger charge is -2.21. The largest absolute Gasteiger partial charge is 0.331 e. The summed E-state index contributed by atoms with van der Waals surface area (Å²) in [6.45, 7) is 2.39. The molecule has 0 atom stereocenters. The third-order valence-corrected chi connectivity index (χ3v) is 3.01. The van der Waals surface area contributed by atoms with E-state index in [4.69, 9.17) is 5.73 Å². The lowest BCUT2D eigenvalue weighted by atomic mass is 10.3. The van der Waals surface area contributed by atoms with E-state index in [1.807, 2.05) is 4.90 Å². The average molecular weight is 183 g/mol. The van der Waals surface area contributed by atoms with Gasteiger partial charge in [0, 0.05) is 19.6 Å². The van der Waals surface area contributed by atoms with E-state index >= 15 is 0 Å². The van der Waals surface area contributed by atoms with Crippen LogP contribution in [-0.4, -0.2) is 36.1 Å². The minimum atomic E-state index is -0.0420. The molecule has 13 heavy (non-hydrogen) atoms. The van der Waals surface area contributed by atoms with E-state index in [-0.39, 0.29) is 11.6 Å². The summed E-state index contributed by atoms with van der Waals surface area (Å²) in [7, 11) is 0. The Labute approximate surface area is 78.5 Å². The SMILES string of the molecule is NCC1(NC(=O)N2CCCC2)CC1. The van der Waals surface area contributed by atoms with Crippen molar-refractivity contribution in [3.8, 4) is 0 Å². The van der Waals surface area contributed by atoms with Gasteiger partial charge in [0.1, 0.15) is 0 Å². The molecule has 0 radical (unpaired) electrons. The summed E-state index contributed by atoms with van der Waals surface area (Å²) in [5, 5.41) is 3.02. The highest BCUT2D eigenvalue weighted by atomic mass is 16.2. The highest BCUT2D eigenvalue weighted by molar-refractivity contribution is 5.75. The number of hydrogen-bond donors (Lipinski definition) is 2. The molecule has 1 saturated heterocycles. The number of urea groups is 1. The fourth-order valence-corrected chi connectivity index (χ4v) is 1.76. The lowest BCUT2D eigenvalue weighted by molar-refractivity contribution is 0.203. The molecule has 1 aliphatic carbocycles. The van der Waals surface area contributed by atoms with Crippen molar-refractivity contribution in [3.05, 3.63) is 0 Å². The van der Waals surface area contributed by atoms with Crippen molar-refractivity contribution in [1.82, 2.24) is 10.2 Å². The molecule has 74 valence electrons. The standard InChI is InChI=1S/C9H17N3O/c10-7-9(3-4-9)11-8(13)12-5-1-2-6-12/h1-7,10H2,(H,11,13). The zero-order chi connectivity index (χ0) is 9.31. The monoisotopic (exact) mass is 183 g/mol. The summed E-state index contributed by atoms with van der Waals surface area (Å²) in [4.78, 5) is 13.5. The fourth-order valence-electron chi connectivity index (χ4n) is 1.76. The molecular weight excluding hydrogens is 166 g/mol. The molecule has 0 bridgehead atoms. The Balaban J connectivity index is 1.84. The normalized spacial score (nSPS) is 24.5. The molecule has 2 fully saturated rings. The Morgan fingerprint density at radius 2 is 2.00 bits per heavy atom. The summed E-state index contributed by atoms with van der Waals surface area (Å²) >= 11 is 0. The molecular formula is C9H17N3O. The van der Waals surface area contributed by atoms with Crippen LogP contribution < -0.4 is 11.1 Å². The van der Waals surface area contributed by atoms with Crippen LogP contribution in [0, 0.1) is 0 Å². The number of amides is 2. The van der Waals surface area contributed by atoms with Crippen molar-refractivity contribution in [1.29, 1.82) is 0 Å². The van der Waals surface area contributed by atoms with Crippen LogP contribution in [0.1, 0.15) is 25.7 Å². The number of rotatable bonds is 2. The van der Waals surface area contributed by atoms with E-state index in [9.17, 15) is 4.79 Å². The van der Waals surface area contributed by atoms with Gasteiger partial charge in [0.25, 0.3) is 0 Å². The van der Waals surface area contributed by atoms with Gasteiger partial charge in [-0.2, -0.15) is 0 Å². The van der Waals surface area contributed by atoms with E-state index < -0.39 is 0 Å². The molecule has 2 aliphatic rings. The quantitative estimate of drug-likeness (QED) is 0.646. The molecule has 4 heteroatoms. The van der Waals surface area contributed by atoms with Crippen LogP contribution in [0.25, 0.3) is 0 Å². The highest BCUT2D eigenvalue weighted by Gasteiger charge is 2.43. The zero-order valence-electron chi connectivity index (χ0n) is 7.88. The Bertz CT molecular complexity index is 207. The van der Waals surface area contributed by atoms with E-state index in [0.717, 1.165) is 38.8 Å². The number of carbonyl (C=O) groups excluding carboxylic acids is 1. The molecule has 2 rings (SSSR count). The first kappa shape index (κ1) is 8.81. The number of nitrogens with two attached hydrogens (primary N) is 1. The first-order chi connectivity index (χ1) is 6.26. The molecule has 0 spiro atoms. The van der Waals surface area contributed by atoms with Crippen LogP contribution in [-0.2, 0) is 0 Å². The molecule has 2 amide bonds. The Morgan fingerprint density at radius 1 is 1.38 bits per heavy atom. The zero-order valence-corrected chi connectivity index (χ0v) is 7.88. The van der Waals surface area contributed by atoms with Crippen LogP contribution in [0.5, 0.6) is 0 Å². The van der Waals surface area contributed by atoms with Gasteiger partial charge in [0.2, 0.25) is 0 Å². The molecule has 4 nitrogen and oxygen atoms in total. The van der Waals surface area contributed by atoms with Gasteiger partial charge in [0.15, 0.2) is 0 Å². The second-order valence-electron chi connectivity index (χ2n) is 4.11. The average Bonchev–Trinajstić information content (AvgIpc) is 2.69. The maximum atomic E-state index is 11.6. The fraction of sp³-hybridized carbons (Fsp3) is 0.889. The summed E-state index contributed by atoms with van der Waals surface area (Å²) in [5.74, 6) is 0. The minimum Gasteiger partial charge on any atom is -0.331 e. The van der Waals surface area contributed by atoms with E-state index in [1.54, 1.807) is 0 Å². The lowest BCUT2D eigenvalue weighted by Crippen LogP contribution is -2.48.